The van der Waals surface area contributed by atoms with Gasteiger partial charge in [0.05, 0.1) is 32.3 Å². The number of likely N-dealkylation sites (N-methyl/N-ethyl adjacent to an activating group) is 1. The number of carbonyl (C=O) groups is 1. The number of nitrogens with zero attached hydrogens (tertiary/aromatic N) is 2. The molecule has 1 heterocycles. The van der Waals surface area contributed by atoms with E-state index in [2.05, 4.69) is 10.2 Å². The van der Waals surface area contributed by atoms with E-state index in [1.54, 1.807) is 14.2 Å². The molecule has 1 saturated heterocycles. The first-order valence-corrected chi connectivity index (χ1v) is 12.2. The molecule has 0 radical (unpaired) electrons. The van der Waals surface area contributed by atoms with E-state index in [9.17, 15) is 18.0 Å². The number of halogens is 3. The van der Waals surface area contributed by atoms with Crippen LogP contribution in [-0.4, -0.2) is 76.8 Å². The predicted molar refractivity (Wildman–Crippen MR) is 135 cm³/mol. The third kappa shape index (κ3) is 8.53. The summed E-state index contributed by atoms with van der Waals surface area (Å²) in [4.78, 5) is 17.2. The van der Waals surface area contributed by atoms with Crippen LogP contribution in [0, 0.1) is 11.8 Å². The van der Waals surface area contributed by atoms with Crippen LogP contribution in [0.25, 0.3) is 0 Å². The molecule has 1 N–H and O–H groups in total. The summed E-state index contributed by atoms with van der Waals surface area (Å²) in [5, 5.41) is 3.01. The second kappa shape index (κ2) is 13.0. The van der Waals surface area contributed by atoms with Gasteiger partial charge in [0.15, 0.2) is 11.5 Å². The fourth-order valence-electron chi connectivity index (χ4n) is 4.50. The number of rotatable bonds is 11. The largest absolute Gasteiger partial charge is 0.493 e. The highest BCUT2D eigenvalue weighted by atomic mass is 19.4. The quantitative estimate of drug-likeness (QED) is 0.482. The van der Waals surface area contributed by atoms with E-state index in [1.807, 2.05) is 37.2 Å². The van der Waals surface area contributed by atoms with E-state index in [4.69, 9.17) is 14.2 Å². The fraction of sp³-hybridized carbons (Fsp3) is 0.519. The van der Waals surface area contributed by atoms with Gasteiger partial charge in [-0.1, -0.05) is 12.1 Å². The van der Waals surface area contributed by atoms with Crippen molar-refractivity contribution in [1.29, 1.82) is 0 Å². The smallest absolute Gasteiger partial charge is 0.416 e. The van der Waals surface area contributed by atoms with Crippen LogP contribution in [0.2, 0.25) is 0 Å². The van der Waals surface area contributed by atoms with Gasteiger partial charge in [0, 0.05) is 38.6 Å². The first kappa shape index (κ1) is 28.6. The van der Waals surface area contributed by atoms with E-state index in [0.29, 0.717) is 44.1 Å². The van der Waals surface area contributed by atoms with Gasteiger partial charge in [-0.3, -0.25) is 9.69 Å². The van der Waals surface area contributed by atoms with E-state index < -0.39 is 11.7 Å². The second-order valence-electron chi connectivity index (χ2n) is 9.61. The zero-order valence-electron chi connectivity index (χ0n) is 21.8. The molecule has 2 aromatic rings. The van der Waals surface area contributed by atoms with Gasteiger partial charge in [-0.2, -0.15) is 13.2 Å². The Morgan fingerprint density at radius 2 is 1.84 bits per heavy atom. The lowest BCUT2D eigenvalue weighted by atomic mass is 9.88. The Bertz CT molecular complexity index is 1030. The summed E-state index contributed by atoms with van der Waals surface area (Å²) in [6.07, 6.45) is -3.84. The average molecular weight is 524 g/mol. The van der Waals surface area contributed by atoms with Gasteiger partial charge in [-0.15, -0.1) is 0 Å². The lowest BCUT2D eigenvalue weighted by Gasteiger charge is -2.37. The van der Waals surface area contributed by atoms with E-state index in [0.717, 1.165) is 24.2 Å². The summed E-state index contributed by atoms with van der Waals surface area (Å²) in [5.74, 6) is 1.11. The van der Waals surface area contributed by atoms with Crippen molar-refractivity contribution in [3.63, 3.8) is 0 Å². The number of benzene rings is 2. The highest BCUT2D eigenvalue weighted by Crippen LogP contribution is 2.32. The van der Waals surface area contributed by atoms with Crippen LogP contribution in [0.3, 0.4) is 0 Å². The topological polar surface area (TPSA) is 63.3 Å². The zero-order chi connectivity index (χ0) is 27.0. The molecule has 1 fully saturated rings. The number of methoxy groups -OCH3 is 2. The number of likely N-dealkylation sites (tertiary alicyclic amines) is 1. The molecule has 0 spiro atoms. The maximum absolute atomic E-state index is 13.1. The van der Waals surface area contributed by atoms with Gasteiger partial charge < -0.3 is 24.4 Å². The second-order valence-corrected chi connectivity index (χ2v) is 9.61. The molecule has 7 nitrogen and oxygen atoms in total. The summed E-state index contributed by atoms with van der Waals surface area (Å²) in [7, 11) is 7.05. The Morgan fingerprint density at radius 3 is 2.51 bits per heavy atom. The average Bonchev–Trinajstić information content (AvgIpc) is 2.86. The minimum absolute atomic E-state index is 0.0251. The maximum Gasteiger partial charge on any atom is 0.416 e. The van der Waals surface area contributed by atoms with Crippen molar-refractivity contribution >= 4 is 5.91 Å². The predicted octanol–water partition coefficient (Wildman–Crippen LogP) is 3.92. The number of hydrogen-bond donors (Lipinski definition) is 1. The molecule has 1 aliphatic rings. The molecular formula is C27H36F3N3O4. The summed E-state index contributed by atoms with van der Waals surface area (Å²) < 4.78 is 55.8. The zero-order valence-corrected chi connectivity index (χ0v) is 21.8. The van der Waals surface area contributed by atoms with Gasteiger partial charge in [0.2, 0.25) is 5.91 Å². The van der Waals surface area contributed by atoms with Crippen LogP contribution in [0.5, 0.6) is 17.2 Å². The molecule has 1 amide bonds. The lowest BCUT2D eigenvalue weighted by Crippen LogP contribution is -2.48. The molecule has 10 heteroatoms. The van der Waals surface area contributed by atoms with Crippen molar-refractivity contribution in [2.24, 2.45) is 11.8 Å². The molecule has 37 heavy (non-hydrogen) atoms. The van der Waals surface area contributed by atoms with Crippen LogP contribution in [0.4, 0.5) is 13.2 Å². The van der Waals surface area contributed by atoms with Gasteiger partial charge in [-0.25, -0.2) is 0 Å². The van der Waals surface area contributed by atoms with Crippen LogP contribution in [0.1, 0.15) is 17.5 Å². The van der Waals surface area contributed by atoms with Crippen molar-refractivity contribution in [3.05, 3.63) is 53.6 Å². The van der Waals surface area contributed by atoms with Crippen molar-refractivity contribution in [2.75, 3.05) is 61.1 Å². The molecule has 0 bridgehead atoms. The molecule has 0 aliphatic carbocycles. The molecule has 2 aromatic carbocycles. The number of alkyl halides is 3. The number of hydrogen-bond acceptors (Lipinski definition) is 6. The molecule has 1 aliphatic heterocycles. The van der Waals surface area contributed by atoms with Crippen molar-refractivity contribution in [2.45, 2.75) is 19.1 Å². The van der Waals surface area contributed by atoms with Crippen LogP contribution >= 0.6 is 0 Å². The van der Waals surface area contributed by atoms with Gasteiger partial charge in [-0.05, 0) is 56.4 Å². The van der Waals surface area contributed by atoms with Gasteiger partial charge in [0.25, 0.3) is 0 Å². The molecular weight excluding hydrogens is 487 g/mol. The van der Waals surface area contributed by atoms with Crippen LogP contribution < -0.4 is 19.5 Å². The third-order valence-electron chi connectivity index (χ3n) is 6.34. The molecule has 204 valence electrons. The Balaban J connectivity index is 1.71. The van der Waals surface area contributed by atoms with Crippen molar-refractivity contribution in [3.8, 4) is 17.2 Å². The monoisotopic (exact) mass is 523 g/mol. The van der Waals surface area contributed by atoms with Gasteiger partial charge >= 0.3 is 6.18 Å². The van der Waals surface area contributed by atoms with E-state index in [1.165, 1.54) is 12.1 Å². The molecule has 0 aromatic heterocycles. The molecule has 3 rings (SSSR count). The van der Waals surface area contributed by atoms with Crippen LogP contribution in [0.15, 0.2) is 42.5 Å². The summed E-state index contributed by atoms with van der Waals surface area (Å²) >= 11 is 0. The van der Waals surface area contributed by atoms with E-state index >= 15 is 0 Å². The normalized spacial score (nSPS) is 18.5. The highest BCUT2D eigenvalue weighted by molar-refractivity contribution is 5.79. The number of piperidine rings is 1. The summed E-state index contributed by atoms with van der Waals surface area (Å²) in [6, 6.07) is 10.6. The maximum atomic E-state index is 13.1. The first-order valence-electron chi connectivity index (χ1n) is 12.2. The Hall–Kier alpha value is -2.98. The Morgan fingerprint density at radius 1 is 1.08 bits per heavy atom. The molecule has 0 saturated carbocycles. The third-order valence-corrected chi connectivity index (χ3v) is 6.34. The minimum atomic E-state index is -4.43. The Kier molecular flexibility index (Phi) is 10.0. The number of nitrogens with one attached hydrogen (secondary N) is 1. The first-order chi connectivity index (χ1) is 17.6. The SMILES string of the molecule is COc1ccc(CN2C[C@@H](COc3cccc(C(F)(F)F)c3)C[C@@H](C(=O)NCCN(C)C)C2)cc1OC. The van der Waals surface area contributed by atoms with Crippen molar-refractivity contribution < 1.29 is 32.2 Å². The van der Waals surface area contributed by atoms with Crippen molar-refractivity contribution in [1.82, 2.24) is 15.1 Å². The molecule has 2 atom stereocenters. The molecule has 0 unspecified atom stereocenters. The Labute approximate surface area is 216 Å². The standard InChI is InChI=1S/C27H36F3N3O4/c1-32(2)11-10-31-26(34)21-12-20(18-37-23-7-5-6-22(14-23)27(28,29)30)16-33(17-21)15-19-8-9-24(35-3)25(13-19)36-4/h5-9,13-14,20-21H,10-12,15-18H2,1-4H3,(H,31,34)/t20-,21+/m0/s1. The van der Waals surface area contributed by atoms with Crippen LogP contribution in [-0.2, 0) is 17.5 Å². The number of carbonyl (C=O) groups excluding carboxylic acids is 1. The fourth-order valence-corrected chi connectivity index (χ4v) is 4.50. The summed E-state index contributed by atoms with van der Waals surface area (Å²) in [5.41, 5.74) is 0.255. The summed E-state index contributed by atoms with van der Waals surface area (Å²) in [6.45, 7) is 3.30. The highest BCUT2D eigenvalue weighted by Gasteiger charge is 2.33. The lowest BCUT2D eigenvalue weighted by molar-refractivity contribution is -0.137. The number of amides is 1. The minimum Gasteiger partial charge on any atom is -0.493 e. The number of ether oxygens (including phenoxy) is 3. The van der Waals surface area contributed by atoms with Gasteiger partial charge in [0.1, 0.15) is 5.75 Å². The van der Waals surface area contributed by atoms with E-state index in [-0.39, 0.29) is 30.1 Å².